The predicted molar refractivity (Wildman–Crippen MR) is 69.7 cm³/mol. The molecule has 2 rings (SSSR count). The quantitative estimate of drug-likeness (QED) is 0.837. The zero-order chi connectivity index (χ0) is 12.8. The summed E-state index contributed by atoms with van der Waals surface area (Å²) in [5.74, 6) is 1.34. The summed E-state index contributed by atoms with van der Waals surface area (Å²) in [7, 11) is 1.66. The third kappa shape index (κ3) is 3.45. The van der Waals surface area contributed by atoms with Crippen LogP contribution in [0.1, 0.15) is 18.0 Å². The van der Waals surface area contributed by atoms with Gasteiger partial charge in [0.05, 0.1) is 33.0 Å². The Bertz CT molecular complexity index is 364. The van der Waals surface area contributed by atoms with Crippen LogP contribution in [0.25, 0.3) is 0 Å². The molecule has 0 aliphatic carbocycles. The van der Waals surface area contributed by atoms with Crippen LogP contribution < -0.4 is 10.5 Å². The van der Waals surface area contributed by atoms with Gasteiger partial charge in [0.15, 0.2) is 0 Å². The van der Waals surface area contributed by atoms with E-state index in [4.69, 9.17) is 19.9 Å². The second-order valence-electron chi connectivity index (χ2n) is 4.62. The van der Waals surface area contributed by atoms with Crippen molar-refractivity contribution in [1.82, 2.24) is 0 Å². The number of hydrogen-bond acceptors (Lipinski definition) is 4. The number of nitrogens with two attached hydrogens (primary N) is 1. The molecular weight excluding hydrogens is 230 g/mol. The molecule has 1 saturated heterocycles. The molecule has 0 saturated carbocycles. The second-order valence-corrected chi connectivity index (χ2v) is 4.62. The average Bonchev–Trinajstić information content (AvgIpc) is 2.91. The molecule has 2 N–H and O–H groups in total. The molecule has 0 spiro atoms. The number of benzene rings is 1. The van der Waals surface area contributed by atoms with Gasteiger partial charge in [-0.15, -0.1) is 0 Å². The van der Waals surface area contributed by atoms with Crippen molar-refractivity contribution in [2.75, 3.05) is 33.5 Å². The Hall–Kier alpha value is -1.10. The summed E-state index contributed by atoms with van der Waals surface area (Å²) in [4.78, 5) is 0. The Kier molecular flexibility index (Phi) is 4.99. The monoisotopic (exact) mass is 251 g/mol. The van der Waals surface area contributed by atoms with Crippen LogP contribution in [0.15, 0.2) is 24.3 Å². The predicted octanol–water partition coefficient (Wildman–Crippen LogP) is 1.75. The Morgan fingerprint density at radius 1 is 1.44 bits per heavy atom. The lowest BCUT2D eigenvalue weighted by molar-refractivity contribution is 0.0804. The van der Waals surface area contributed by atoms with E-state index < -0.39 is 0 Å². The molecule has 1 aliphatic rings. The van der Waals surface area contributed by atoms with Gasteiger partial charge in [-0.25, -0.2) is 0 Å². The van der Waals surface area contributed by atoms with Gasteiger partial charge in [0.1, 0.15) is 5.75 Å². The highest BCUT2D eigenvalue weighted by molar-refractivity contribution is 5.35. The van der Waals surface area contributed by atoms with Crippen molar-refractivity contribution in [3.05, 3.63) is 29.8 Å². The highest BCUT2D eigenvalue weighted by atomic mass is 16.5. The van der Waals surface area contributed by atoms with Gasteiger partial charge in [-0.05, 0) is 12.5 Å². The van der Waals surface area contributed by atoms with Crippen molar-refractivity contribution < 1.29 is 14.2 Å². The fourth-order valence-electron chi connectivity index (χ4n) is 2.14. The first-order chi connectivity index (χ1) is 8.81. The van der Waals surface area contributed by atoms with E-state index in [0.717, 1.165) is 37.6 Å². The van der Waals surface area contributed by atoms with E-state index in [1.807, 2.05) is 24.3 Å². The number of para-hydroxylation sites is 1. The number of hydrogen-bond donors (Lipinski definition) is 1. The maximum absolute atomic E-state index is 6.12. The Balaban J connectivity index is 1.81. The van der Waals surface area contributed by atoms with Crippen LogP contribution in [0.2, 0.25) is 0 Å². The summed E-state index contributed by atoms with van der Waals surface area (Å²) >= 11 is 0. The summed E-state index contributed by atoms with van der Waals surface area (Å²) in [6.07, 6.45) is 1.09. The van der Waals surface area contributed by atoms with Crippen molar-refractivity contribution in [1.29, 1.82) is 0 Å². The molecule has 1 aliphatic heterocycles. The second kappa shape index (κ2) is 6.73. The largest absolute Gasteiger partial charge is 0.496 e. The molecule has 4 nitrogen and oxygen atoms in total. The van der Waals surface area contributed by atoms with Crippen LogP contribution in [0.3, 0.4) is 0 Å². The van der Waals surface area contributed by atoms with Crippen molar-refractivity contribution >= 4 is 0 Å². The van der Waals surface area contributed by atoms with Gasteiger partial charge < -0.3 is 19.9 Å². The Morgan fingerprint density at radius 2 is 2.28 bits per heavy atom. The molecule has 2 atom stereocenters. The lowest BCUT2D eigenvalue weighted by Gasteiger charge is -2.16. The van der Waals surface area contributed by atoms with Crippen LogP contribution in [0.5, 0.6) is 5.75 Å². The molecule has 4 heteroatoms. The van der Waals surface area contributed by atoms with Crippen molar-refractivity contribution in [3.8, 4) is 5.75 Å². The molecule has 0 aromatic heterocycles. The van der Waals surface area contributed by atoms with Gasteiger partial charge >= 0.3 is 0 Å². The minimum Gasteiger partial charge on any atom is -0.496 e. The minimum absolute atomic E-state index is 0.150. The van der Waals surface area contributed by atoms with Crippen LogP contribution >= 0.6 is 0 Å². The molecule has 0 bridgehead atoms. The summed E-state index contributed by atoms with van der Waals surface area (Å²) in [5, 5.41) is 0. The van der Waals surface area contributed by atoms with E-state index in [9.17, 15) is 0 Å². The normalized spacial score (nSPS) is 20.9. The van der Waals surface area contributed by atoms with Gasteiger partial charge in [0.2, 0.25) is 0 Å². The fraction of sp³-hybridized carbons (Fsp3) is 0.571. The van der Waals surface area contributed by atoms with Crippen LogP contribution in [0, 0.1) is 5.92 Å². The Morgan fingerprint density at radius 3 is 3.00 bits per heavy atom. The van der Waals surface area contributed by atoms with Crippen LogP contribution in [-0.4, -0.2) is 33.5 Å². The number of methoxy groups -OCH3 is 1. The summed E-state index contributed by atoms with van der Waals surface area (Å²) in [5.41, 5.74) is 7.11. The third-order valence-corrected chi connectivity index (χ3v) is 3.21. The molecule has 1 aromatic carbocycles. The van der Waals surface area contributed by atoms with E-state index in [0.29, 0.717) is 12.5 Å². The van der Waals surface area contributed by atoms with Crippen molar-refractivity contribution in [2.24, 2.45) is 11.7 Å². The maximum Gasteiger partial charge on any atom is 0.123 e. The number of ether oxygens (including phenoxy) is 3. The summed E-state index contributed by atoms with van der Waals surface area (Å²) in [6, 6.07) is 7.64. The summed E-state index contributed by atoms with van der Waals surface area (Å²) in [6.45, 7) is 2.90. The van der Waals surface area contributed by atoms with E-state index >= 15 is 0 Å². The van der Waals surface area contributed by atoms with E-state index in [1.54, 1.807) is 7.11 Å². The van der Waals surface area contributed by atoms with Gasteiger partial charge in [-0.3, -0.25) is 0 Å². The van der Waals surface area contributed by atoms with Crippen molar-refractivity contribution in [3.63, 3.8) is 0 Å². The molecule has 1 fully saturated rings. The lowest BCUT2D eigenvalue weighted by Crippen LogP contribution is -2.20. The van der Waals surface area contributed by atoms with Crippen LogP contribution in [0.4, 0.5) is 0 Å². The molecule has 1 aromatic rings. The highest BCUT2D eigenvalue weighted by Gasteiger charge is 2.17. The molecule has 0 amide bonds. The van der Waals surface area contributed by atoms with Crippen LogP contribution in [-0.2, 0) is 9.47 Å². The average molecular weight is 251 g/mol. The van der Waals surface area contributed by atoms with Gasteiger partial charge in [0.25, 0.3) is 0 Å². The van der Waals surface area contributed by atoms with E-state index in [-0.39, 0.29) is 6.04 Å². The molecule has 18 heavy (non-hydrogen) atoms. The number of rotatable bonds is 6. The summed E-state index contributed by atoms with van der Waals surface area (Å²) < 4.78 is 16.3. The van der Waals surface area contributed by atoms with E-state index in [2.05, 4.69) is 0 Å². The van der Waals surface area contributed by atoms with Gasteiger partial charge in [-0.1, -0.05) is 18.2 Å². The van der Waals surface area contributed by atoms with E-state index in [1.165, 1.54) is 0 Å². The zero-order valence-corrected chi connectivity index (χ0v) is 10.8. The lowest BCUT2D eigenvalue weighted by atomic mass is 10.1. The minimum atomic E-state index is -0.150. The zero-order valence-electron chi connectivity index (χ0n) is 10.8. The highest BCUT2D eigenvalue weighted by Crippen LogP contribution is 2.23. The van der Waals surface area contributed by atoms with Gasteiger partial charge in [-0.2, -0.15) is 0 Å². The standard InChI is InChI=1S/C14H21NO3/c1-16-14-5-3-2-4-12(14)13(15)10-18-9-11-6-7-17-8-11/h2-5,11,13H,6-10,15H2,1H3. The SMILES string of the molecule is COc1ccccc1C(N)COCC1CCOC1. The molecular formula is C14H21NO3. The first-order valence-corrected chi connectivity index (χ1v) is 6.35. The molecule has 0 radical (unpaired) electrons. The molecule has 100 valence electrons. The first kappa shape index (κ1) is 13.3. The third-order valence-electron chi connectivity index (χ3n) is 3.21. The molecule has 1 heterocycles. The van der Waals surface area contributed by atoms with Crippen molar-refractivity contribution in [2.45, 2.75) is 12.5 Å². The van der Waals surface area contributed by atoms with Gasteiger partial charge in [0, 0.05) is 18.1 Å². The molecule has 2 unspecified atom stereocenters. The fourth-order valence-corrected chi connectivity index (χ4v) is 2.14. The Labute approximate surface area is 108 Å². The smallest absolute Gasteiger partial charge is 0.123 e. The topological polar surface area (TPSA) is 53.7 Å². The first-order valence-electron chi connectivity index (χ1n) is 6.35. The maximum atomic E-state index is 6.12.